The Morgan fingerprint density at radius 3 is 2.50 bits per heavy atom. The SMILES string of the molecule is COc1ccc(Nc2ncc(C(=O)N[C@H]3CCC[C@H](C)[C@@H]3C)c3ccccc23)cc1. The number of methoxy groups -OCH3 is 1. The predicted molar refractivity (Wildman–Crippen MR) is 121 cm³/mol. The van der Waals surface area contributed by atoms with Gasteiger partial charge in [-0.1, -0.05) is 51.0 Å². The van der Waals surface area contributed by atoms with Crippen molar-refractivity contribution in [1.29, 1.82) is 0 Å². The van der Waals surface area contributed by atoms with E-state index in [-0.39, 0.29) is 11.9 Å². The Kier molecular flexibility index (Phi) is 5.88. The van der Waals surface area contributed by atoms with Gasteiger partial charge >= 0.3 is 0 Å². The van der Waals surface area contributed by atoms with Crippen molar-refractivity contribution in [2.45, 2.75) is 39.2 Å². The number of carbonyl (C=O) groups excluding carboxylic acids is 1. The van der Waals surface area contributed by atoms with E-state index in [0.717, 1.165) is 34.4 Å². The van der Waals surface area contributed by atoms with Crippen LogP contribution in [0.15, 0.2) is 54.7 Å². The van der Waals surface area contributed by atoms with Gasteiger partial charge in [0, 0.05) is 23.3 Å². The number of aromatic nitrogens is 1. The number of hydrogen-bond acceptors (Lipinski definition) is 4. The summed E-state index contributed by atoms with van der Waals surface area (Å²) in [4.78, 5) is 17.7. The molecule has 5 nitrogen and oxygen atoms in total. The van der Waals surface area contributed by atoms with E-state index in [0.29, 0.717) is 17.4 Å². The molecule has 0 bridgehead atoms. The van der Waals surface area contributed by atoms with Crippen molar-refractivity contribution in [3.63, 3.8) is 0 Å². The van der Waals surface area contributed by atoms with Crippen molar-refractivity contribution in [2.24, 2.45) is 11.8 Å². The van der Waals surface area contributed by atoms with Crippen molar-refractivity contribution < 1.29 is 9.53 Å². The molecule has 0 unspecified atom stereocenters. The van der Waals surface area contributed by atoms with E-state index >= 15 is 0 Å². The molecule has 3 aromatic rings. The fraction of sp³-hybridized carbons (Fsp3) is 0.360. The first-order valence-electron chi connectivity index (χ1n) is 10.7. The minimum absolute atomic E-state index is 0.0411. The zero-order valence-corrected chi connectivity index (χ0v) is 17.8. The number of carbonyl (C=O) groups is 1. The molecule has 1 aliphatic rings. The summed E-state index contributed by atoms with van der Waals surface area (Å²) >= 11 is 0. The number of nitrogens with one attached hydrogen (secondary N) is 2. The quantitative estimate of drug-likeness (QED) is 0.587. The highest BCUT2D eigenvalue weighted by Gasteiger charge is 2.28. The largest absolute Gasteiger partial charge is 0.497 e. The molecule has 2 aromatic carbocycles. The van der Waals surface area contributed by atoms with Crippen molar-refractivity contribution in [3.8, 4) is 5.75 Å². The molecule has 0 radical (unpaired) electrons. The van der Waals surface area contributed by atoms with Gasteiger partial charge in [-0.3, -0.25) is 4.79 Å². The van der Waals surface area contributed by atoms with E-state index < -0.39 is 0 Å². The molecular weight excluding hydrogens is 374 g/mol. The van der Waals surface area contributed by atoms with Crippen LogP contribution >= 0.6 is 0 Å². The number of nitrogens with zero attached hydrogens (tertiary/aromatic N) is 1. The minimum Gasteiger partial charge on any atom is -0.497 e. The lowest BCUT2D eigenvalue weighted by atomic mass is 9.78. The van der Waals surface area contributed by atoms with E-state index in [2.05, 4.69) is 29.5 Å². The fourth-order valence-electron chi connectivity index (χ4n) is 4.32. The fourth-order valence-corrected chi connectivity index (χ4v) is 4.32. The predicted octanol–water partition coefficient (Wildman–Crippen LogP) is 5.54. The lowest BCUT2D eigenvalue weighted by Gasteiger charge is -2.34. The zero-order chi connectivity index (χ0) is 21.1. The van der Waals surface area contributed by atoms with Gasteiger partial charge in [0.05, 0.1) is 12.7 Å². The average molecular weight is 404 g/mol. The number of hydrogen-bond donors (Lipinski definition) is 2. The molecule has 30 heavy (non-hydrogen) atoms. The lowest BCUT2D eigenvalue weighted by Crippen LogP contribution is -2.43. The maximum atomic E-state index is 13.1. The number of amides is 1. The second-order valence-corrected chi connectivity index (χ2v) is 8.27. The smallest absolute Gasteiger partial charge is 0.253 e. The van der Waals surface area contributed by atoms with Gasteiger partial charge in [0.1, 0.15) is 11.6 Å². The summed E-state index contributed by atoms with van der Waals surface area (Å²) in [5.41, 5.74) is 1.53. The normalized spacial score (nSPS) is 21.2. The Labute approximate surface area is 177 Å². The third-order valence-electron chi connectivity index (χ3n) is 6.42. The van der Waals surface area contributed by atoms with Crippen LogP contribution in [0.25, 0.3) is 10.8 Å². The number of ether oxygens (including phenoxy) is 1. The molecule has 1 amide bonds. The molecule has 1 fully saturated rings. The molecule has 2 N–H and O–H groups in total. The Balaban J connectivity index is 1.60. The first-order chi connectivity index (χ1) is 14.6. The average Bonchev–Trinajstić information content (AvgIpc) is 2.77. The standard InChI is InChI=1S/C25H29N3O2/c1-16-7-6-10-23(17(16)2)28-25(29)22-15-26-24(21-9-5-4-8-20(21)22)27-18-11-13-19(30-3)14-12-18/h4-5,8-9,11-17,23H,6-7,10H2,1-3H3,(H,26,27)(H,28,29)/t16-,17-,23-/m0/s1. The Bertz CT molecular complexity index is 1030. The van der Waals surface area contributed by atoms with Gasteiger partial charge in [-0.05, 0) is 47.9 Å². The topological polar surface area (TPSA) is 63.2 Å². The van der Waals surface area contributed by atoms with Crippen LogP contribution in [0.1, 0.15) is 43.5 Å². The Morgan fingerprint density at radius 2 is 1.77 bits per heavy atom. The second kappa shape index (κ2) is 8.74. The molecule has 1 saturated carbocycles. The minimum atomic E-state index is -0.0411. The highest BCUT2D eigenvalue weighted by atomic mass is 16.5. The van der Waals surface area contributed by atoms with E-state index in [1.807, 2.05) is 48.5 Å². The molecule has 1 aromatic heterocycles. The number of pyridine rings is 1. The number of rotatable bonds is 5. The maximum Gasteiger partial charge on any atom is 0.253 e. The molecular formula is C25H29N3O2. The van der Waals surface area contributed by atoms with Crippen LogP contribution in [0.4, 0.5) is 11.5 Å². The van der Waals surface area contributed by atoms with Crippen LogP contribution in [-0.2, 0) is 0 Å². The molecule has 156 valence electrons. The van der Waals surface area contributed by atoms with Gasteiger partial charge in [0.2, 0.25) is 0 Å². The van der Waals surface area contributed by atoms with Gasteiger partial charge in [0.25, 0.3) is 5.91 Å². The molecule has 0 aliphatic heterocycles. The lowest BCUT2D eigenvalue weighted by molar-refractivity contribution is 0.0892. The summed E-state index contributed by atoms with van der Waals surface area (Å²) in [6.07, 6.45) is 5.13. The van der Waals surface area contributed by atoms with Crippen molar-refractivity contribution in [2.75, 3.05) is 12.4 Å². The van der Waals surface area contributed by atoms with E-state index in [1.165, 1.54) is 12.8 Å². The van der Waals surface area contributed by atoms with Crippen LogP contribution in [0.2, 0.25) is 0 Å². The zero-order valence-electron chi connectivity index (χ0n) is 17.8. The maximum absolute atomic E-state index is 13.1. The third kappa shape index (κ3) is 4.11. The molecule has 0 saturated heterocycles. The summed E-state index contributed by atoms with van der Waals surface area (Å²) in [6, 6.07) is 15.8. The number of benzene rings is 2. The van der Waals surface area contributed by atoms with Gasteiger partial charge < -0.3 is 15.4 Å². The van der Waals surface area contributed by atoms with Crippen LogP contribution in [0.5, 0.6) is 5.75 Å². The highest BCUT2D eigenvalue weighted by Crippen LogP contribution is 2.31. The van der Waals surface area contributed by atoms with E-state index in [9.17, 15) is 4.79 Å². The van der Waals surface area contributed by atoms with Gasteiger partial charge in [0.15, 0.2) is 0 Å². The van der Waals surface area contributed by atoms with Crippen molar-refractivity contribution >= 4 is 28.2 Å². The molecule has 5 heteroatoms. The summed E-state index contributed by atoms with van der Waals surface area (Å²) in [7, 11) is 1.65. The summed E-state index contributed by atoms with van der Waals surface area (Å²) in [6.45, 7) is 4.52. The van der Waals surface area contributed by atoms with Gasteiger partial charge in [-0.15, -0.1) is 0 Å². The summed E-state index contributed by atoms with van der Waals surface area (Å²) in [5, 5.41) is 8.46. The van der Waals surface area contributed by atoms with E-state index in [1.54, 1.807) is 13.3 Å². The molecule has 3 atom stereocenters. The Hall–Kier alpha value is -3.08. The second-order valence-electron chi connectivity index (χ2n) is 8.27. The van der Waals surface area contributed by atoms with Gasteiger partial charge in [-0.25, -0.2) is 4.98 Å². The van der Waals surface area contributed by atoms with Crippen LogP contribution in [0, 0.1) is 11.8 Å². The van der Waals surface area contributed by atoms with Crippen LogP contribution < -0.4 is 15.4 Å². The number of anilines is 2. The summed E-state index contributed by atoms with van der Waals surface area (Å²) < 4.78 is 5.22. The van der Waals surface area contributed by atoms with Gasteiger partial charge in [-0.2, -0.15) is 0 Å². The first-order valence-corrected chi connectivity index (χ1v) is 10.7. The molecule has 1 aliphatic carbocycles. The summed E-state index contributed by atoms with van der Waals surface area (Å²) in [5.74, 6) is 2.61. The molecule has 0 spiro atoms. The van der Waals surface area contributed by atoms with Crippen LogP contribution in [0.3, 0.4) is 0 Å². The number of fused-ring (bicyclic) bond motifs is 1. The van der Waals surface area contributed by atoms with Crippen molar-refractivity contribution in [3.05, 3.63) is 60.3 Å². The monoisotopic (exact) mass is 403 g/mol. The third-order valence-corrected chi connectivity index (χ3v) is 6.42. The Morgan fingerprint density at radius 1 is 1.03 bits per heavy atom. The molecule has 4 rings (SSSR count). The first kappa shape index (κ1) is 20.2. The molecule has 1 heterocycles. The highest BCUT2D eigenvalue weighted by molar-refractivity contribution is 6.09. The van der Waals surface area contributed by atoms with Crippen molar-refractivity contribution in [1.82, 2.24) is 10.3 Å². The van der Waals surface area contributed by atoms with Crippen LogP contribution in [-0.4, -0.2) is 24.0 Å². The van der Waals surface area contributed by atoms with E-state index in [4.69, 9.17) is 4.74 Å².